The lowest BCUT2D eigenvalue weighted by molar-refractivity contribution is -0.133. The fraction of sp³-hybridized carbons (Fsp3) is 0.619. The molecular formula is C21H32N4O3. The molecule has 2 aliphatic rings. The fourth-order valence-electron chi connectivity index (χ4n) is 3.86. The van der Waals surface area contributed by atoms with E-state index in [1.165, 1.54) is 0 Å². The zero-order chi connectivity index (χ0) is 20.1. The van der Waals surface area contributed by atoms with Crippen molar-refractivity contribution < 1.29 is 14.3 Å². The number of nitrogens with zero attached hydrogens (tertiary/aromatic N) is 2. The summed E-state index contributed by atoms with van der Waals surface area (Å²) in [5, 5.41) is 5.75. The maximum Gasteiger partial charge on any atom is 0.237 e. The van der Waals surface area contributed by atoms with Gasteiger partial charge in [-0.1, -0.05) is 0 Å². The zero-order valence-corrected chi connectivity index (χ0v) is 17.1. The summed E-state index contributed by atoms with van der Waals surface area (Å²) in [4.78, 5) is 29.1. The number of piperidine rings is 1. The summed E-state index contributed by atoms with van der Waals surface area (Å²) < 4.78 is 6.04. The van der Waals surface area contributed by atoms with E-state index in [0.29, 0.717) is 12.2 Å². The molecule has 3 rings (SSSR count). The van der Waals surface area contributed by atoms with E-state index in [-0.39, 0.29) is 30.4 Å². The Morgan fingerprint density at radius 2 is 1.89 bits per heavy atom. The molecule has 2 heterocycles. The van der Waals surface area contributed by atoms with Gasteiger partial charge in [-0.15, -0.1) is 0 Å². The van der Waals surface area contributed by atoms with Gasteiger partial charge in [0.1, 0.15) is 11.9 Å². The Hall–Kier alpha value is -2.12. The van der Waals surface area contributed by atoms with Gasteiger partial charge in [0.15, 0.2) is 0 Å². The third-order valence-corrected chi connectivity index (χ3v) is 5.52. The topological polar surface area (TPSA) is 73.9 Å². The van der Waals surface area contributed by atoms with Gasteiger partial charge in [0.2, 0.25) is 11.8 Å². The molecule has 0 saturated carbocycles. The third-order valence-electron chi connectivity index (χ3n) is 5.52. The number of anilines is 1. The number of benzene rings is 1. The number of rotatable bonds is 6. The summed E-state index contributed by atoms with van der Waals surface area (Å²) in [5.41, 5.74) is 0.716. The first-order valence-corrected chi connectivity index (χ1v) is 10.2. The number of likely N-dealkylation sites (tertiary alicyclic amines) is 1. The van der Waals surface area contributed by atoms with Gasteiger partial charge in [0.05, 0.1) is 12.5 Å². The number of piperazine rings is 1. The molecule has 0 radical (unpaired) electrons. The molecular weight excluding hydrogens is 356 g/mol. The molecule has 2 N–H and O–H groups in total. The Morgan fingerprint density at radius 3 is 2.54 bits per heavy atom. The molecule has 1 aromatic carbocycles. The predicted molar refractivity (Wildman–Crippen MR) is 109 cm³/mol. The number of ether oxygens (including phenoxy) is 1. The quantitative estimate of drug-likeness (QED) is 0.776. The van der Waals surface area contributed by atoms with Crippen molar-refractivity contribution in [1.29, 1.82) is 0 Å². The molecule has 7 nitrogen and oxygen atoms in total. The first kappa shape index (κ1) is 20.6. The summed E-state index contributed by atoms with van der Waals surface area (Å²) >= 11 is 0. The lowest BCUT2D eigenvalue weighted by Gasteiger charge is -2.37. The maximum absolute atomic E-state index is 12.5. The van der Waals surface area contributed by atoms with Gasteiger partial charge in [-0.05, 0) is 58.0 Å². The highest BCUT2D eigenvalue weighted by Gasteiger charge is 2.32. The standard InChI is InChI=1S/C21H32N4O3/c1-15(2)25-13-10-22-21(27)19(25)14-20(26)23-16-4-6-17(7-5-16)28-18-8-11-24(3)12-9-18/h4-7,15,18-19H,8-14H2,1-3H3,(H,22,27)(H,23,26). The van der Waals surface area contributed by atoms with Gasteiger partial charge in [-0.2, -0.15) is 0 Å². The van der Waals surface area contributed by atoms with Crippen LogP contribution < -0.4 is 15.4 Å². The van der Waals surface area contributed by atoms with Crippen LogP contribution in [0.3, 0.4) is 0 Å². The molecule has 2 aliphatic heterocycles. The van der Waals surface area contributed by atoms with Crippen molar-refractivity contribution in [1.82, 2.24) is 15.1 Å². The average molecular weight is 389 g/mol. The van der Waals surface area contributed by atoms with Gasteiger partial charge in [0, 0.05) is 37.9 Å². The van der Waals surface area contributed by atoms with Gasteiger partial charge >= 0.3 is 0 Å². The Balaban J connectivity index is 1.52. The minimum absolute atomic E-state index is 0.0722. The molecule has 154 valence electrons. The van der Waals surface area contributed by atoms with Crippen LogP contribution in [0.25, 0.3) is 0 Å². The van der Waals surface area contributed by atoms with Gasteiger partial charge in [-0.3, -0.25) is 14.5 Å². The highest BCUT2D eigenvalue weighted by Crippen LogP contribution is 2.21. The Bertz CT molecular complexity index is 669. The van der Waals surface area contributed by atoms with Crippen molar-refractivity contribution >= 4 is 17.5 Å². The lowest BCUT2D eigenvalue weighted by Crippen LogP contribution is -2.58. The number of carbonyl (C=O) groups excluding carboxylic acids is 2. The molecule has 1 unspecified atom stereocenters. The second-order valence-electron chi connectivity index (χ2n) is 8.04. The first-order chi connectivity index (χ1) is 13.4. The van der Waals surface area contributed by atoms with Crippen molar-refractivity contribution in [3.8, 4) is 5.75 Å². The van der Waals surface area contributed by atoms with Crippen LogP contribution in [0.4, 0.5) is 5.69 Å². The number of hydrogen-bond donors (Lipinski definition) is 2. The van der Waals surface area contributed by atoms with Crippen LogP contribution in [0, 0.1) is 0 Å². The minimum Gasteiger partial charge on any atom is -0.490 e. The number of carbonyl (C=O) groups is 2. The van der Waals surface area contributed by atoms with Crippen LogP contribution >= 0.6 is 0 Å². The van der Waals surface area contributed by atoms with Crippen LogP contribution in [0.2, 0.25) is 0 Å². The van der Waals surface area contributed by atoms with E-state index >= 15 is 0 Å². The molecule has 2 saturated heterocycles. The summed E-state index contributed by atoms with van der Waals surface area (Å²) in [6, 6.07) is 7.29. The number of hydrogen-bond acceptors (Lipinski definition) is 5. The van der Waals surface area contributed by atoms with Crippen molar-refractivity contribution in [3.05, 3.63) is 24.3 Å². The summed E-state index contributed by atoms with van der Waals surface area (Å²) in [7, 11) is 2.13. The van der Waals surface area contributed by atoms with Crippen molar-refractivity contribution in [2.75, 3.05) is 38.5 Å². The Kier molecular flexibility index (Phi) is 6.91. The summed E-state index contributed by atoms with van der Waals surface area (Å²) in [6.07, 6.45) is 2.47. The molecule has 0 spiro atoms. The molecule has 0 bridgehead atoms. The van der Waals surface area contributed by atoms with Gasteiger partial charge in [-0.25, -0.2) is 0 Å². The largest absolute Gasteiger partial charge is 0.490 e. The second kappa shape index (κ2) is 9.39. The van der Waals surface area contributed by atoms with Crippen LogP contribution in [-0.4, -0.2) is 73.0 Å². The monoisotopic (exact) mass is 388 g/mol. The second-order valence-corrected chi connectivity index (χ2v) is 8.04. The van der Waals surface area contributed by atoms with E-state index in [0.717, 1.165) is 38.2 Å². The van der Waals surface area contributed by atoms with Gasteiger partial charge in [0.25, 0.3) is 0 Å². The van der Waals surface area contributed by atoms with Crippen molar-refractivity contribution in [3.63, 3.8) is 0 Å². The maximum atomic E-state index is 12.5. The zero-order valence-electron chi connectivity index (χ0n) is 17.1. The number of nitrogens with one attached hydrogen (secondary N) is 2. The molecule has 28 heavy (non-hydrogen) atoms. The predicted octanol–water partition coefficient (Wildman–Crippen LogP) is 1.70. The highest BCUT2D eigenvalue weighted by atomic mass is 16.5. The van der Waals surface area contributed by atoms with Crippen LogP contribution in [0.15, 0.2) is 24.3 Å². The SMILES string of the molecule is CC(C)N1CCNC(=O)C1CC(=O)Nc1ccc(OC2CCN(C)CC2)cc1. The van der Waals surface area contributed by atoms with Crippen LogP contribution in [0.5, 0.6) is 5.75 Å². The molecule has 0 aromatic heterocycles. The molecule has 2 amide bonds. The third kappa shape index (κ3) is 5.45. The summed E-state index contributed by atoms with van der Waals surface area (Å²) in [5.74, 6) is 0.596. The molecule has 1 atom stereocenters. The smallest absolute Gasteiger partial charge is 0.237 e. The molecule has 1 aromatic rings. The van der Waals surface area contributed by atoms with Crippen molar-refractivity contribution in [2.45, 2.75) is 51.3 Å². The van der Waals surface area contributed by atoms with E-state index in [1.54, 1.807) is 0 Å². The minimum atomic E-state index is -0.416. The lowest BCUT2D eigenvalue weighted by atomic mass is 10.1. The average Bonchev–Trinajstić information content (AvgIpc) is 2.66. The van der Waals surface area contributed by atoms with E-state index in [4.69, 9.17) is 4.74 Å². The van der Waals surface area contributed by atoms with E-state index in [9.17, 15) is 9.59 Å². The summed E-state index contributed by atoms with van der Waals surface area (Å²) in [6.45, 7) is 7.61. The van der Waals surface area contributed by atoms with Gasteiger partial charge < -0.3 is 20.3 Å². The molecule has 7 heteroatoms. The Labute approximate surface area is 167 Å². The molecule has 2 fully saturated rings. The van der Waals surface area contributed by atoms with Crippen LogP contribution in [-0.2, 0) is 9.59 Å². The van der Waals surface area contributed by atoms with Crippen LogP contribution in [0.1, 0.15) is 33.1 Å². The van der Waals surface area contributed by atoms with E-state index in [1.807, 2.05) is 38.1 Å². The number of amides is 2. The normalized spacial score (nSPS) is 22.1. The van der Waals surface area contributed by atoms with E-state index < -0.39 is 6.04 Å². The first-order valence-electron chi connectivity index (χ1n) is 10.2. The van der Waals surface area contributed by atoms with E-state index in [2.05, 4.69) is 27.5 Å². The Morgan fingerprint density at radius 1 is 1.21 bits per heavy atom. The van der Waals surface area contributed by atoms with Crippen molar-refractivity contribution in [2.24, 2.45) is 0 Å². The molecule has 0 aliphatic carbocycles. The fourth-order valence-corrected chi connectivity index (χ4v) is 3.86. The highest BCUT2D eigenvalue weighted by molar-refractivity contribution is 5.95.